The number of carbonyl (C=O) groups excluding carboxylic acids is 1. The van der Waals surface area contributed by atoms with E-state index in [1.165, 1.54) is 0 Å². The monoisotopic (exact) mass is 276 g/mol. The molecule has 1 aromatic heterocycles. The second-order valence-corrected chi connectivity index (χ2v) is 5.80. The maximum absolute atomic E-state index is 12.1. The molecule has 0 radical (unpaired) electrons. The lowest BCUT2D eigenvalue weighted by atomic mass is 10.0. The first kappa shape index (κ1) is 14.8. The highest BCUT2D eigenvalue weighted by molar-refractivity contribution is 5.85. The fourth-order valence-corrected chi connectivity index (χ4v) is 2.27. The molecule has 0 aliphatic carbocycles. The van der Waals surface area contributed by atoms with Gasteiger partial charge in [0.1, 0.15) is 5.82 Å². The van der Waals surface area contributed by atoms with Crippen molar-refractivity contribution in [2.45, 2.75) is 38.3 Å². The molecule has 0 atom stereocenters. The Kier molecular flexibility index (Phi) is 4.60. The zero-order chi connectivity index (χ0) is 14.6. The second kappa shape index (κ2) is 6.22. The molecular formula is C15H24N4O. The van der Waals surface area contributed by atoms with Crippen molar-refractivity contribution in [3.63, 3.8) is 0 Å². The lowest BCUT2D eigenvalue weighted by molar-refractivity contribution is -0.127. The van der Waals surface area contributed by atoms with Crippen LogP contribution in [-0.4, -0.2) is 42.6 Å². The van der Waals surface area contributed by atoms with Gasteiger partial charge in [-0.2, -0.15) is 0 Å². The summed E-state index contributed by atoms with van der Waals surface area (Å²) in [6.45, 7) is 5.65. The van der Waals surface area contributed by atoms with Gasteiger partial charge in [-0.15, -0.1) is 0 Å². The van der Waals surface area contributed by atoms with Crippen LogP contribution in [0.4, 0.5) is 5.82 Å². The zero-order valence-electron chi connectivity index (χ0n) is 12.5. The number of nitrogens with zero attached hydrogens (tertiary/aromatic N) is 2. The number of carbonyl (C=O) groups is 1. The first-order valence-corrected chi connectivity index (χ1v) is 7.19. The summed E-state index contributed by atoms with van der Waals surface area (Å²) in [7, 11) is 1.81. The van der Waals surface area contributed by atoms with Crippen molar-refractivity contribution in [1.82, 2.24) is 15.6 Å². The van der Waals surface area contributed by atoms with E-state index in [1.54, 1.807) is 0 Å². The third-order valence-corrected chi connectivity index (χ3v) is 4.00. The third-order valence-electron chi connectivity index (χ3n) is 4.00. The van der Waals surface area contributed by atoms with E-state index in [4.69, 9.17) is 0 Å². The fraction of sp³-hybridized carbons (Fsp3) is 0.600. The van der Waals surface area contributed by atoms with Crippen molar-refractivity contribution in [2.24, 2.45) is 0 Å². The minimum Gasteiger partial charge on any atom is -0.356 e. The molecule has 1 fully saturated rings. The van der Waals surface area contributed by atoms with E-state index < -0.39 is 5.54 Å². The van der Waals surface area contributed by atoms with Gasteiger partial charge in [-0.05, 0) is 45.9 Å². The first-order valence-electron chi connectivity index (χ1n) is 7.19. The van der Waals surface area contributed by atoms with Crippen molar-refractivity contribution < 1.29 is 4.79 Å². The highest BCUT2D eigenvalue weighted by Crippen LogP contribution is 2.17. The molecule has 1 saturated heterocycles. The number of aromatic nitrogens is 1. The summed E-state index contributed by atoms with van der Waals surface area (Å²) in [4.78, 5) is 18.8. The van der Waals surface area contributed by atoms with Gasteiger partial charge in [-0.3, -0.25) is 4.79 Å². The standard InChI is InChI=1S/C15H24N4O/c1-15(2,16-3)14(20)18-12-7-10-19(11-8-12)13-6-4-5-9-17-13/h4-6,9,12,16H,7-8,10-11H2,1-3H3,(H,18,20). The maximum Gasteiger partial charge on any atom is 0.239 e. The van der Waals surface area contributed by atoms with Crippen LogP contribution in [0.5, 0.6) is 0 Å². The van der Waals surface area contributed by atoms with Crippen molar-refractivity contribution in [3.8, 4) is 0 Å². The van der Waals surface area contributed by atoms with Crippen molar-refractivity contribution in [3.05, 3.63) is 24.4 Å². The number of rotatable bonds is 4. The number of amides is 1. The van der Waals surface area contributed by atoms with Crippen LogP contribution >= 0.6 is 0 Å². The molecule has 1 aromatic rings. The number of nitrogens with one attached hydrogen (secondary N) is 2. The summed E-state index contributed by atoms with van der Waals surface area (Å²) >= 11 is 0. The van der Waals surface area contributed by atoms with Crippen molar-refractivity contribution in [2.75, 3.05) is 25.0 Å². The summed E-state index contributed by atoms with van der Waals surface area (Å²) in [5, 5.41) is 6.17. The summed E-state index contributed by atoms with van der Waals surface area (Å²) < 4.78 is 0. The largest absolute Gasteiger partial charge is 0.356 e. The van der Waals surface area contributed by atoms with E-state index in [-0.39, 0.29) is 11.9 Å². The summed E-state index contributed by atoms with van der Waals surface area (Å²) in [5.74, 6) is 1.09. The van der Waals surface area contributed by atoms with E-state index in [0.717, 1.165) is 31.7 Å². The smallest absolute Gasteiger partial charge is 0.239 e. The molecule has 1 aliphatic heterocycles. The average molecular weight is 276 g/mol. The summed E-state index contributed by atoms with van der Waals surface area (Å²) in [6, 6.07) is 6.22. The van der Waals surface area contributed by atoms with Gasteiger partial charge in [-0.1, -0.05) is 6.07 Å². The topological polar surface area (TPSA) is 57.3 Å². The van der Waals surface area contributed by atoms with Crippen molar-refractivity contribution in [1.29, 1.82) is 0 Å². The van der Waals surface area contributed by atoms with E-state index in [2.05, 4.69) is 20.5 Å². The van der Waals surface area contributed by atoms with Crippen LogP contribution in [0.15, 0.2) is 24.4 Å². The average Bonchev–Trinajstić information content (AvgIpc) is 2.49. The predicted octanol–water partition coefficient (Wildman–Crippen LogP) is 1.16. The molecule has 2 N–H and O–H groups in total. The Bertz CT molecular complexity index is 438. The summed E-state index contributed by atoms with van der Waals surface area (Å²) in [6.07, 6.45) is 3.74. The van der Waals surface area contributed by atoms with Gasteiger partial charge in [0.2, 0.25) is 5.91 Å². The zero-order valence-corrected chi connectivity index (χ0v) is 12.5. The first-order chi connectivity index (χ1) is 9.53. The molecule has 0 aromatic carbocycles. The number of pyridine rings is 1. The van der Waals surface area contributed by atoms with Crippen molar-refractivity contribution >= 4 is 11.7 Å². The third kappa shape index (κ3) is 3.48. The summed E-state index contributed by atoms with van der Waals surface area (Å²) in [5.41, 5.74) is -0.516. The quantitative estimate of drug-likeness (QED) is 0.866. The normalized spacial score (nSPS) is 17.1. The van der Waals surface area contributed by atoms with Crippen LogP contribution in [-0.2, 0) is 4.79 Å². The molecule has 2 rings (SSSR count). The number of hydrogen-bond acceptors (Lipinski definition) is 4. The Morgan fingerprint density at radius 2 is 2.05 bits per heavy atom. The van der Waals surface area contributed by atoms with E-state index in [1.807, 2.05) is 45.3 Å². The minimum atomic E-state index is -0.516. The van der Waals surface area contributed by atoms with Crippen LogP contribution in [0, 0.1) is 0 Å². The van der Waals surface area contributed by atoms with Crippen LogP contribution in [0.2, 0.25) is 0 Å². The van der Waals surface area contributed by atoms with Gasteiger partial charge in [0, 0.05) is 25.3 Å². The van der Waals surface area contributed by atoms with Gasteiger partial charge in [-0.25, -0.2) is 4.98 Å². The van der Waals surface area contributed by atoms with Gasteiger partial charge in [0.25, 0.3) is 0 Å². The second-order valence-electron chi connectivity index (χ2n) is 5.80. The highest BCUT2D eigenvalue weighted by atomic mass is 16.2. The van der Waals surface area contributed by atoms with E-state index in [9.17, 15) is 4.79 Å². The molecule has 1 aliphatic rings. The number of likely N-dealkylation sites (N-methyl/N-ethyl adjacent to an activating group) is 1. The van der Waals surface area contributed by atoms with Crippen LogP contribution in [0.1, 0.15) is 26.7 Å². The molecule has 5 heteroatoms. The lowest BCUT2D eigenvalue weighted by Crippen LogP contribution is -2.55. The number of hydrogen-bond donors (Lipinski definition) is 2. The Morgan fingerprint density at radius 1 is 1.35 bits per heavy atom. The predicted molar refractivity (Wildman–Crippen MR) is 80.8 cm³/mol. The van der Waals surface area contributed by atoms with Gasteiger partial charge in [0.05, 0.1) is 5.54 Å². The molecule has 2 heterocycles. The lowest BCUT2D eigenvalue weighted by Gasteiger charge is -2.34. The SMILES string of the molecule is CNC(C)(C)C(=O)NC1CCN(c2ccccn2)CC1. The van der Waals surface area contributed by atoms with Crippen LogP contribution in [0.3, 0.4) is 0 Å². The Morgan fingerprint density at radius 3 is 2.60 bits per heavy atom. The molecule has 0 unspecified atom stereocenters. The molecular weight excluding hydrogens is 252 g/mol. The molecule has 0 bridgehead atoms. The Labute approximate surface area is 120 Å². The van der Waals surface area contributed by atoms with Crippen LogP contribution in [0.25, 0.3) is 0 Å². The number of piperidine rings is 1. The Hall–Kier alpha value is -1.62. The van der Waals surface area contributed by atoms with Gasteiger partial charge < -0.3 is 15.5 Å². The number of anilines is 1. The van der Waals surface area contributed by atoms with E-state index in [0.29, 0.717) is 0 Å². The molecule has 110 valence electrons. The van der Waals surface area contributed by atoms with Gasteiger partial charge >= 0.3 is 0 Å². The molecule has 5 nitrogen and oxygen atoms in total. The molecule has 20 heavy (non-hydrogen) atoms. The Balaban J connectivity index is 1.85. The minimum absolute atomic E-state index is 0.0660. The molecule has 0 saturated carbocycles. The van der Waals surface area contributed by atoms with Crippen LogP contribution < -0.4 is 15.5 Å². The molecule has 0 spiro atoms. The fourth-order valence-electron chi connectivity index (χ4n) is 2.27. The van der Waals surface area contributed by atoms with Gasteiger partial charge in [0.15, 0.2) is 0 Å². The highest BCUT2D eigenvalue weighted by Gasteiger charge is 2.29. The maximum atomic E-state index is 12.1. The van der Waals surface area contributed by atoms with E-state index >= 15 is 0 Å². The molecule has 1 amide bonds.